The van der Waals surface area contributed by atoms with Crippen LogP contribution in [0.3, 0.4) is 0 Å². The summed E-state index contributed by atoms with van der Waals surface area (Å²) in [4.78, 5) is 27.2. The van der Waals surface area contributed by atoms with Crippen molar-refractivity contribution in [1.82, 2.24) is 19.9 Å². The number of carbonyl (C=O) groups is 1. The summed E-state index contributed by atoms with van der Waals surface area (Å²) in [6.45, 7) is 3.12. The first kappa shape index (κ1) is 21.6. The number of benzene rings is 1. The van der Waals surface area contributed by atoms with E-state index in [4.69, 9.17) is 0 Å². The summed E-state index contributed by atoms with van der Waals surface area (Å²) < 4.78 is 26.9. The Morgan fingerprint density at radius 3 is 2.66 bits per heavy atom. The molecule has 32 heavy (non-hydrogen) atoms. The number of aromatic nitrogens is 3. The summed E-state index contributed by atoms with van der Waals surface area (Å²) in [5.41, 5.74) is 2.10. The fourth-order valence-corrected chi connectivity index (χ4v) is 3.70. The van der Waals surface area contributed by atoms with E-state index in [2.05, 4.69) is 25.6 Å². The number of rotatable bonds is 6. The molecule has 0 atom stereocenters. The minimum absolute atomic E-state index is 0.0505. The SMILES string of the molecule is Cc1ccc(F)c(NCC(=O)N2CCC(c3cncc(Nc4ccc(F)cn4)n3)CC2)c1. The molecule has 2 N–H and O–H groups in total. The largest absolute Gasteiger partial charge is 0.374 e. The van der Waals surface area contributed by atoms with Crippen LogP contribution in [0.5, 0.6) is 0 Å². The van der Waals surface area contributed by atoms with Gasteiger partial charge in [-0.2, -0.15) is 0 Å². The van der Waals surface area contributed by atoms with E-state index < -0.39 is 5.82 Å². The highest BCUT2D eigenvalue weighted by atomic mass is 19.1. The molecule has 0 radical (unpaired) electrons. The maximum Gasteiger partial charge on any atom is 0.241 e. The molecule has 0 saturated carbocycles. The highest BCUT2D eigenvalue weighted by Crippen LogP contribution is 2.27. The number of nitrogens with zero attached hydrogens (tertiary/aromatic N) is 4. The Balaban J connectivity index is 1.31. The van der Waals surface area contributed by atoms with E-state index in [0.29, 0.717) is 30.4 Å². The van der Waals surface area contributed by atoms with Gasteiger partial charge in [0, 0.05) is 25.2 Å². The monoisotopic (exact) mass is 438 g/mol. The van der Waals surface area contributed by atoms with Crippen LogP contribution in [0.15, 0.2) is 48.9 Å². The van der Waals surface area contributed by atoms with E-state index in [9.17, 15) is 13.6 Å². The summed E-state index contributed by atoms with van der Waals surface area (Å²) in [6, 6.07) is 7.63. The average molecular weight is 438 g/mol. The second-order valence-electron chi connectivity index (χ2n) is 7.81. The minimum Gasteiger partial charge on any atom is -0.374 e. The molecule has 1 saturated heterocycles. The minimum atomic E-state index is -0.407. The Morgan fingerprint density at radius 2 is 1.91 bits per heavy atom. The van der Waals surface area contributed by atoms with Gasteiger partial charge in [-0.3, -0.25) is 9.78 Å². The van der Waals surface area contributed by atoms with Crippen LogP contribution < -0.4 is 10.6 Å². The van der Waals surface area contributed by atoms with Crippen molar-refractivity contribution in [1.29, 1.82) is 0 Å². The van der Waals surface area contributed by atoms with Gasteiger partial charge in [-0.05, 0) is 49.6 Å². The number of nitrogens with one attached hydrogen (secondary N) is 2. The third-order valence-electron chi connectivity index (χ3n) is 5.45. The number of piperidine rings is 1. The second kappa shape index (κ2) is 9.67. The average Bonchev–Trinajstić information content (AvgIpc) is 2.81. The summed E-state index contributed by atoms with van der Waals surface area (Å²) in [5, 5.41) is 5.93. The van der Waals surface area contributed by atoms with Crippen molar-refractivity contribution in [2.45, 2.75) is 25.7 Å². The van der Waals surface area contributed by atoms with Gasteiger partial charge in [0.25, 0.3) is 0 Å². The van der Waals surface area contributed by atoms with Gasteiger partial charge in [0.15, 0.2) is 0 Å². The van der Waals surface area contributed by atoms with Crippen LogP contribution in [0, 0.1) is 18.6 Å². The quantitative estimate of drug-likeness (QED) is 0.605. The third-order valence-corrected chi connectivity index (χ3v) is 5.45. The molecule has 3 aromatic rings. The smallest absolute Gasteiger partial charge is 0.241 e. The van der Waals surface area contributed by atoms with Gasteiger partial charge >= 0.3 is 0 Å². The Kier molecular flexibility index (Phi) is 6.53. The van der Waals surface area contributed by atoms with Crippen molar-refractivity contribution in [3.63, 3.8) is 0 Å². The number of likely N-dealkylation sites (tertiary alicyclic amines) is 1. The van der Waals surface area contributed by atoms with Crippen LogP contribution in [0.1, 0.15) is 30.0 Å². The number of carbonyl (C=O) groups excluding carboxylic acids is 1. The number of anilines is 3. The van der Waals surface area contributed by atoms with Crippen molar-refractivity contribution in [3.05, 3.63) is 71.8 Å². The number of amides is 1. The Morgan fingerprint density at radius 1 is 1.09 bits per heavy atom. The Bertz CT molecular complexity index is 1080. The number of halogens is 2. The molecule has 0 bridgehead atoms. The van der Waals surface area contributed by atoms with E-state index in [1.807, 2.05) is 6.92 Å². The molecule has 1 amide bonds. The standard InChI is InChI=1S/C23H24F2N6O/c1-15-2-4-18(25)19(10-15)27-14-23(32)31-8-6-16(7-9-31)20-12-26-13-22(29-20)30-21-5-3-17(24)11-28-21/h2-5,10-13,16,27H,6-9,14H2,1H3,(H,28,29,30). The van der Waals surface area contributed by atoms with E-state index in [1.165, 1.54) is 18.2 Å². The van der Waals surface area contributed by atoms with Crippen molar-refractivity contribution in [2.24, 2.45) is 0 Å². The van der Waals surface area contributed by atoms with Crippen molar-refractivity contribution in [2.75, 3.05) is 30.3 Å². The first-order valence-electron chi connectivity index (χ1n) is 10.5. The zero-order valence-corrected chi connectivity index (χ0v) is 17.7. The highest BCUT2D eigenvalue weighted by molar-refractivity contribution is 5.81. The molecular formula is C23H24F2N6O. The molecule has 0 aliphatic carbocycles. The van der Waals surface area contributed by atoms with Crippen LogP contribution in [0.4, 0.5) is 26.1 Å². The normalized spacial score (nSPS) is 14.3. The highest BCUT2D eigenvalue weighted by Gasteiger charge is 2.25. The molecule has 166 valence electrons. The van der Waals surface area contributed by atoms with Crippen LogP contribution in [-0.2, 0) is 4.79 Å². The van der Waals surface area contributed by atoms with Gasteiger partial charge in [-0.15, -0.1) is 0 Å². The van der Waals surface area contributed by atoms with Gasteiger partial charge < -0.3 is 15.5 Å². The van der Waals surface area contributed by atoms with E-state index in [-0.39, 0.29) is 24.2 Å². The molecule has 4 rings (SSSR count). The predicted molar refractivity (Wildman–Crippen MR) is 118 cm³/mol. The first-order chi connectivity index (χ1) is 15.5. The van der Waals surface area contributed by atoms with E-state index in [1.54, 1.807) is 29.4 Å². The van der Waals surface area contributed by atoms with Crippen molar-refractivity contribution >= 4 is 23.2 Å². The second-order valence-corrected chi connectivity index (χ2v) is 7.81. The first-order valence-corrected chi connectivity index (χ1v) is 10.5. The molecule has 1 aliphatic heterocycles. The van der Waals surface area contributed by atoms with Crippen LogP contribution in [-0.4, -0.2) is 45.4 Å². The summed E-state index contributed by atoms with van der Waals surface area (Å²) >= 11 is 0. The maximum atomic E-state index is 13.9. The fourth-order valence-electron chi connectivity index (χ4n) is 3.70. The molecule has 7 nitrogen and oxygen atoms in total. The topological polar surface area (TPSA) is 83.0 Å². The van der Waals surface area contributed by atoms with Crippen LogP contribution >= 0.6 is 0 Å². The number of hydrogen-bond acceptors (Lipinski definition) is 6. The number of hydrogen-bond donors (Lipinski definition) is 2. The molecule has 1 fully saturated rings. The molecule has 9 heteroatoms. The molecule has 2 aromatic heterocycles. The van der Waals surface area contributed by atoms with E-state index >= 15 is 0 Å². The number of pyridine rings is 1. The van der Waals surface area contributed by atoms with Gasteiger partial charge in [0.1, 0.15) is 23.3 Å². The zero-order valence-electron chi connectivity index (χ0n) is 17.7. The van der Waals surface area contributed by atoms with E-state index in [0.717, 1.165) is 30.3 Å². The summed E-state index contributed by atoms with van der Waals surface area (Å²) in [7, 11) is 0. The molecule has 1 aliphatic rings. The Labute approximate surface area is 184 Å². The van der Waals surface area contributed by atoms with Gasteiger partial charge in [0.2, 0.25) is 5.91 Å². The lowest BCUT2D eigenvalue weighted by Crippen LogP contribution is -2.41. The van der Waals surface area contributed by atoms with Gasteiger partial charge in [-0.1, -0.05) is 6.07 Å². The third kappa shape index (κ3) is 5.35. The Hall–Kier alpha value is -3.62. The summed E-state index contributed by atoms with van der Waals surface area (Å²) in [5.74, 6) is 0.353. The zero-order chi connectivity index (χ0) is 22.5. The molecule has 3 heterocycles. The van der Waals surface area contributed by atoms with Crippen LogP contribution in [0.25, 0.3) is 0 Å². The van der Waals surface area contributed by atoms with Crippen molar-refractivity contribution in [3.8, 4) is 0 Å². The maximum absolute atomic E-state index is 13.9. The lowest BCUT2D eigenvalue weighted by molar-refractivity contribution is -0.130. The number of aryl methyl sites for hydroxylation is 1. The molecule has 0 spiro atoms. The molecular weight excluding hydrogens is 414 g/mol. The lowest BCUT2D eigenvalue weighted by Gasteiger charge is -2.32. The molecule has 1 aromatic carbocycles. The predicted octanol–water partition coefficient (Wildman–Crippen LogP) is 4.02. The van der Waals surface area contributed by atoms with Gasteiger partial charge in [0.05, 0.1) is 30.3 Å². The van der Waals surface area contributed by atoms with Crippen LogP contribution in [0.2, 0.25) is 0 Å². The van der Waals surface area contributed by atoms with Crippen molar-refractivity contribution < 1.29 is 13.6 Å². The fraction of sp³-hybridized carbons (Fsp3) is 0.304. The lowest BCUT2D eigenvalue weighted by atomic mass is 9.93. The molecule has 0 unspecified atom stereocenters. The van der Waals surface area contributed by atoms with Gasteiger partial charge in [-0.25, -0.2) is 18.7 Å². The summed E-state index contributed by atoms with van der Waals surface area (Å²) in [6.07, 6.45) is 5.97.